The quantitative estimate of drug-likeness (QED) is 0.643. The zero-order valence-electron chi connectivity index (χ0n) is 10.4. The number of thioether (sulfide) groups is 1. The summed E-state index contributed by atoms with van der Waals surface area (Å²) < 4.78 is 36.2. The normalized spacial score (nSPS) is 11.4. The van der Waals surface area contributed by atoms with Crippen LogP contribution in [-0.2, 0) is 4.79 Å². The molecule has 0 unspecified atom stereocenters. The lowest BCUT2D eigenvalue weighted by atomic mass is 10.2. The molecular weight excluding hydrogens is 277 g/mol. The van der Waals surface area contributed by atoms with Gasteiger partial charge in [-0.2, -0.15) is 13.2 Å². The van der Waals surface area contributed by atoms with Crippen LogP contribution in [0.1, 0.15) is 19.8 Å². The number of benzene rings is 1. The fourth-order valence-corrected chi connectivity index (χ4v) is 2.14. The van der Waals surface area contributed by atoms with Crippen LogP contribution >= 0.6 is 11.8 Å². The van der Waals surface area contributed by atoms with Gasteiger partial charge in [-0.25, -0.2) is 0 Å². The van der Waals surface area contributed by atoms with E-state index in [2.05, 4.69) is 5.32 Å². The summed E-state index contributed by atoms with van der Waals surface area (Å²) in [5, 5.41) is 2.19. The Morgan fingerprint density at radius 2 is 2.11 bits per heavy atom. The minimum absolute atomic E-state index is 0.218. The maximum atomic E-state index is 12.1. The van der Waals surface area contributed by atoms with Gasteiger partial charge >= 0.3 is 6.18 Å². The maximum absolute atomic E-state index is 12.1. The Morgan fingerprint density at radius 3 is 2.68 bits per heavy atom. The van der Waals surface area contributed by atoms with Gasteiger partial charge in [-0.15, -0.1) is 11.8 Å². The average molecular weight is 292 g/mol. The molecule has 0 fully saturated rings. The average Bonchev–Trinajstić information content (AvgIpc) is 2.27. The first-order valence-corrected chi connectivity index (χ1v) is 6.69. The first-order chi connectivity index (χ1) is 8.81. The van der Waals surface area contributed by atoms with Crippen LogP contribution in [0.3, 0.4) is 0 Å². The minimum atomic E-state index is -4.52. The molecule has 0 aliphatic rings. The number of nitrogens with one attached hydrogen (secondary N) is 1. The molecule has 19 heavy (non-hydrogen) atoms. The van der Waals surface area contributed by atoms with Crippen molar-refractivity contribution in [2.45, 2.75) is 30.8 Å². The van der Waals surface area contributed by atoms with Gasteiger partial charge in [0.15, 0.2) is 0 Å². The minimum Gasteiger partial charge on any atom is -0.397 e. The standard InChI is InChI=1S/C12H15F3N2OS/c1-2-5-19-8-3-4-9(16)10(6-8)17-11(18)7-12(13,14)15/h3-4,6H,2,5,7,16H2,1H3,(H,17,18). The van der Waals surface area contributed by atoms with Crippen LogP contribution in [0, 0.1) is 0 Å². The van der Waals surface area contributed by atoms with Gasteiger partial charge in [-0.05, 0) is 30.4 Å². The summed E-state index contributed by atoms with van der Waals surface area (Å²) in [6.07, 6.45) is -5.06. The fourth-order valence-electron chi connectivity index (χ4n) is 1.33. The summed E-state index contributed by atoms with van der Waals surface area (Å²) in [4.78, 5) is 12.1. The predicted molar refractivity (Wildman–Crippen MR) is 71.2 cm³/mol. The van der Waals surface area contributed by atoms with Crippen LogP contribution in [0.15, 0.2) is 23.1 Å². The van der Waals surface area contributed by atoms with E-state index in [1.165, 1.54) is 0 Å². The number of carbonyl (C=O) groups excluding carboxylic acids is 1. The van der Waals surface area contributed by atoms with Gasteiger partial charge in [-0.1, -0.05) is 6.92 Å². The molecule has 0 heterocycles. The maximum Gasteiger partial charge on any atom is 0.397 e. The van der Waals surface area contributed by atoms with Crippen molar-refractivity contribution in [3.63, 3.8) is 0 Å². The van der Waals surface area contributed by atoms with E-state index >= 15 is 0 Å². The van der Waals surface area contributed by atoms with E-state index in [4.69, 9.17) is 5.73 Å². The number of nitrogen functional groups attached to an aromatic ring is 1. The van der Waals surface area contributed by atoms with E-state index in [-0.39, 0.29) is 11.4 Å². The topological polar surface area (TPSA) is 55.1 Å². The van der Waals surface area contributed by atoms with Crippen molar-refractivity contribution in [2.75, 3.05) is 16.8 Å². The molecule has 1 amide bonds. The van der Waals surface area contributed by atoms with Crippen molar-refractivity contribution in [3.8, 4) is 0 Å². The van der Waals surface area contributed by atoms with Gasteiger partial charge < -0.3 is 11.1 Å². The molecule has 0 radical (unpaired) electrons. The van der Waals surface area contributed by atoms with Crippen LogP contribution in [0.4, 0.5) is 24.5 Å². The summed E-state index contributed by atoms with van der Waals surface area (Å²) in [7, 11) is 0. The largest absolute Gasteiger partial charge is 0.397 e. The highest BCUT2D eigenvalue weighted by Gasteiger charge is 2.31. The van der Waals surface area contributed by atoms with Crippen molar-refractivity contribution in [3.05, 3.63) is 18.2 Å². The highest BCUT2D eigenvalue weighted by molar-refractivity contribution is 7.99. The summed E-state index contributed by atoms with van der Waals surface area (Å²) in [6, 6.07) is 4.93. The zero-order valence-corrected chi connectivity index (χ0v) is 11.2. The third-order valence-corrected chi connectivity index (χ3v) is 3.33. The molecule has 1 rings (SSSR count). The molecule has 1 aromatic rings. The van der Waals surface area contributed by atoms with Gasteiger partial charge in [0.25, 0.3) is 0 Å². The number of hydrogen-bond donors (Lipinski definition) is 2. The molecule has 3 N–H and O–H groups in total. The third-order valence-electron chi connectivity index (χ3n) is 2.13. The van der Waals surface area contributed by atoms with Crippen LogP contribution in [0.2, 0.25) is 0 Å². The lowest BCUT2D eigenvalue weighted by molar-refractivity contribution is -0.150. The third kappa shape index (κ3) is 5.87. The SMILES string of the molecule is CCCSc1ccc(N)c(NC(=O)CC(F)(F)F)c1. The van der Waals surface area contributed by atoms with Crippen LogP contribution in [0.5, 0.6) is 0 Å². The predicted octanol–water partition coefficient (Wildman–Crippen LogP) is 3.66. The zero-order chi connectivity index (χ0) is 14.5. The Labute approximate surface area is 113 Å². The van der Waals surface area contributed by atoms with E-state index < -0.39 is 18.5 Å². The molecule has 1 aromatic carbocycles. The van der Waals surface area contributed by atoms with Gasteiger partial charge in [-0.3, -0.25) is 4.79 Å². The number of amides is 1. The molecule has 0 aliphatic heterocycles. The molecule has 3 nitrogen and oxygen atoms in total. The lowest BCUT2D eigenvalue weighted by Gasteiger charge is -2.11. The molecular formula is C12H15F3N2OS. The molecule has 0 aromatic heterocycles. The fraction of sp³-hybridized carbons (Fsp3) is 0.417. The van der Waals surface area contributed by atoms with Crippen molar-refractivity contribution in [2.24, 2.45) is 0 Å². The van der Waals surface area contributed by atoms with Crippen molar-refractivity contribution >= 4 is 29.0 Å². The Morgan fingerprint density at radius 1 is 1.42 bits per heavy atom. The van der Waals surface area contributed by atoms with E-state index in [1.54, 1.807) is 30.0 Å². The lowest BCUT2D eigenvalue weighted by Crippen LogP contribution is -2.21. The molecule has 0 aliphatic carbocycles. The summed E-state index contributed by atoms with van der Waals surface area (Å²) in [5.74, 6) is -0.225. The summed E-state index contributed by atoms with van der Waals surface area (Å²) in [6.45, 7) is 2.02. The Balaban J connectivity index is 2.73. The van der Waals surface area contributed by atoms with Crippen LogP contribution in [0.25, 0.3) is 0 Å². The van der Waals surface area contributed by atoms with Crippen molar-refractivity contribution < 1.29 is 18.0 Å². The number of carbonyl (C=O) groups is 1. The second-order valence-electron chi connectivity index (χ2n) is 3.94. The number of alkyl halides is 3. The highest BCUT2D eigenvalue weighted by atomic mass is 32.2. The molecule has 106 valence electrons. The van der Waals surface area contributed by atoms with E-state index in [0.29, 0.717) is 0 Å². The molecule has 0 spiro atoms. The summed E-state index contributed by atoms with van der Waals surface area (Å²) >= 11 is 1.55. The Hall–Kier alpha value is -1.37. The van der Waals surface area contributed by atoms with Crippen molar-refractivity contribution in [1.29, 1.82) is 0 Å². The number of halogens is 3. The highest BCUT2D eigenvalue weighted by Crippen LogP contribution is 2.28. The Kier molecular flexibility index (Phi) is 5.53. The van der Waals surface area contributed by atoms with Crippen molar-refractivity contribution in [1.82, 2.24) is 0 Å². The van der Waals surface area contributed by atoms with E-state index in [9.17, 15) is 18.0 Å². The number of rotatable bonds is 5. The summed E-state index contributed by atoms with van der Waals surface area (Å²) in [5.41, 5.74) is 6.09. The van der Waals surface area contributed by atoms with Gasteiger partial charge in [0.1, 0.15) is 6.42 Å². The number of nitrogens with two attached hydrogens (primary N) is 1. The molecule has 0 saturated carbocycles. The van der Waals surface area contributed by atoms with E-state index in [1.807, 2.05) is 6.92 Å². The molecule has 7 heteroatoms. The molecule has 0 bridgehead atoms. The van der Waals surface area contributed by atoms with Gasteiger partial charge in [0.05, 0.1) is 11.4 Å². The van der Waals surface area contributed by atoms with Crippen LogP contribution < -0.4 is 11.1 Å². The smallest absolute Gasteiger partial charge is 0.397 e. The van der Waals surface area contributed by atoms with Crippen LogP contribution in [-0.4, -0.2) is 17.8 Å². The van der Waals surface area contributed by atoms with E-state index in [0.717, 1.165) is 17.1 Å². The molecule has 0 saturated heterocycles. The second kappa shape index (κ2) is 6.70. The first kappa shape index (κ1) is 15.7. The monoisotopic (exact) mass is 292 g/mol. The number of anilines is 2. The first-order valence-electron chi connectivity index (χ1n) is 5.70. The second-order valence-corrected chi connectivity index (χ2v) is 5.11. The van der Waals surface area contributed by atoms with Gasteiger partial charge in [0.2, 0.25) is 5.91 Å². The number of hydrogen-bond acceptors (Lipinski definition) is 3. The molecule has 0 atom stereocenters. The van der Waals surface area contributed by atoms with Gasteiger partial charge in [0, 0.05) is 4.90 Å². The Bertz CT molecular complexity index is 449.